The van der Waals surface area contributed by atoms with Crippen LogP contribution in [0.25, 0.3) is 0 Å². The summed E-state index contributed by atoms with van der Waals surface area (Å²) in [5.41, 5.74) is 7.03. The molecule has 6 heteroatoms. The van der Waals surface area contributed by atoms with Crippen LogP contribution in [0.4, 0.5) is 5.69 Å². The van der Waals surface area contributed by atoms with Gasteiger partial charge in [0, 0.05) is 13.1 Å². The molecule has 1 aromatic carbocycles. The molecule has 0 heterocycles. The molecule has 0 radical (unpaired) electrons. The van der Waals surface area contributed by atoms with Gasteiger partial charge < -0.3 is 10.8 Å². The fraction of sp³-hybridized carbons (Fsp3) is 0.600. The van der Waals surface area contributed by atoms with Crippen LogP contribution in [0.1, 0.15) is 38.2 Å². The van der Waals surface area contributed by atoms with E-state index in [1.807, 2.05) is 6.92 Å². The van der Waals surface area contributed by atoms with Gasteiger partial charge in [0.25, 0.3) is 0 Å². The summed E-state index contributed by atoms with van der Waals surface area (Å²) in [4.78, 5) is 0.122. The van der Waals surface area contributed by atoms with Crippen molar-refractivity contribution in [1.29, 1.82) is 0 Å². The number of unbranched alkanes of at least 4 members (excludes halogenated alkanes) is 3. The van der Waals surface area contributed by atoms with Gasteiger partial charge in [-0.05, 0) is 31.0 Å². The molecule has 0 aliphatic carbocycles. The number of hydrogen-bond acceptors (Lipinski definition) is 4. The van der Waals surface area contributed by atoms with Crippen molar-refractivity contribution >= 4 is 15.7 Å². The summed E-state index contributed by atoms with van der Waals surface area (Å²) in [7, 11) is -3.65. The van der Waals surface area contributed by atoms with Gasteiger partial charge in [0.05, 0.1) is 12.3 Å². The van der Waals surface area contributed by atoms with Crippen molar-refractivity contribution in [2.24, 2.45) is 0 Å². The van der Waals surface area contributed by atoms with E-state index < -0.39 is 10.0 Å². The summed E-state index contributed by atoms with van der Waals surface area (Å²) in [6.45, 7) is 4.29. The summed E-state index contributed by atoms with van der Waals surface area (Å²) in [6.07, 6.45) is 3.95. The van der Waals surface area contributed by atoms with Gasteiger partial charge in [-0.1, -0.05) is 32.3 Å². The van der Waals surface area contributed by atoms with E-state index in [0.29, 0.717) is 6.54 Å². The quantitative estimate of drug-likeness (QED) is 0.540. The Morgan fingerprint density at radius 2 is 1.90 bits per heavy atom. The van der Waals surface area contributed by atoms with Crippen LogP contribution in [0.3, 0.4) is 0 Å². The molecule has 1 rings (SSSR count). The lowest BCUT2D eigenvalue weighted by Crippen LogP contribution is -2.35. The smallest absolute Gasteiger partial charge is 0.245 e. The monoisotopic (exact) mass is 314 g/mol. The van der Waals surface area contributed by atoms with Crippen molar-refractivity contribution in [1.82, 2.24) is 4.31 Å². The maximum absolute atomic E-state index is 12.7. The fourth-order valence-electron chi connectivity index (χ4n) is 2.22. The van der Waals surface area contributed by atoms with Crippen LogP contribution in [0.2, 0.25) is 0 Å². The average molecular weight is 314 g/mol. The number of aryl methyl sites for hydroxylation is 1. The molecule has 0 saturated carbocycles. The Morgan fingerprint density at radius 3 is 2.48 bits per heavy atom. The fourth-order valence-corrected chi connectivity index (χ4v) is 3.79. The van der Waals surface area contributed by atoms with Gasteiger partial charge in [0.15, 0.2) is 0 Å². The van der Waals surface area contributed by atoms with Gasteiger partial charge >= 0.3 is 0 Å². The number of anilines is 1. The summed E-state index contributed by atoms with van der Waals surface area (Å²) in [6, 6.07) is 4.93. The van der Waals surface area contributed by atoms with E-state index in [1.54, 1.807) is 12.1 Å². The van der Waals surface area contributed by atoms with Crippen molar-refractivity contribution in [3.8, 4) is 0 Å². The van der Waals surface area contributed by atoms with Crippen LogP contribution in [-0.4, -0.2) is 37.5 Å². The molecule has 1 aromatic rings. The third kappa shape index (κ3) is 4.98. The molecule has 0 spiro atoms. The zero-order chi connectivity index (χ0) is 15.9. The molecule has 3 N–H and O–H groups in total. The van der Waals surface area contributed by atoms with Crippen LogP contribution in [0.15, 0.2) is 23.1 Å². The van der Waals surface area contributed by atoms with Gasteiger partial charge in [-0.25, -0.2) is 8.42 Å². The topological polar surface area (TPSA) is 83.6 Å². The van der Waals surface area contributed by atoms with E-state index in [0.717, 1.165) is 31.2 Å². The number of sulfonamides is 1. The molecule has 120 valence electrons. The predicted octanol–water partition coefficient (Wildman–Crippen LogP) is 2.14. The summed E-state index contributed by atoms with van der Waals surface area (Å²) in [5.74, 6) is 0. The molecule has 0 aliphatic rings. The number of nitrogens with zero attached hydrogens (tertiary/aromatic N) is 1. The molecule has 0 amide bonds. The zero-order valence-electron chi connectivity index (χ0n) is 12.9. The van der Waals surface area contributed by atoms with Crippen molar-refractivity contribution < 1.29 is 13.5 Å². The van der Waals surface area contributed by atoms with E-state index in [1.165, 1.54) is 10.4 Å². The standard InChI is InChI=1S/C15H26N2O3S/c1-3-4-5-6-9-17(10-11-18)21(19,20)15-8-7-13(2)12-14(15)16/h7-8,12,18H,3-6,9-11,16H2,1-2H3. The zero-order valence-corrected chi connectivity index (χ0v) is 13.7. The lowest BCUT2D eigenvalue weighted by atomic mass is 10.2. The molecule has 0 aromatic heterocycles. The molecule has 21 heavy (non-hydrogen) atoms. The lowest BCUT2D eigenvalue weighted by molar-refractivity contribution is 0.251. The predicted molar refractivity (Wildman–Crippen MR) is 85.6 cm³/mol. The Morgan fingerprint density at radius 1 is 1.19 bits per heavy atom. The first-order valence-electron chi connectivity index (χ1n) is 7.40. The lowest BCUT2D eigenvalue weighted by Gasteiger charge is -2.22. The minimum Gasteiger partial charge on any atom is -0.398 e. The normalized spacial score (nSPS) is 12.0. The second kappa shape index (κ2) is 8.36. The van der Waals surface area contributed by atoms with Gasteiger partial charge in [0.2, 0.25) is 10.0 Å². The molecular formula is C15H26N2O3S. The first-order chi connectivity index (χ1) is 9.93. The highest BCUT2D eigenvalue weighted by Crippen LogP contribution is 2.23. The summed E-state index contributed by atoms with van der Waals surface area (Å²) < 4.78 is 26.6. The number of rotatable bonds is 9. The largest absolute Gasteiger partial charge is 0.398 e. The maximum atomic E-state index is 12.7. The number of nitrogen functional groups attached to an aromatic ring is 1. The first-order valence-corrected chi connectivity index (χ1v) is 8.84. The van der Waals surface area contributed by atoms with Crippen LogP contribution in [0.5, 0.6) is 0 Å². The molecule has 0 bridgehead atoms. The first kappa shape index (κ1) is 17.9. The molecule has 0 unspecified atom stereocenters. The van der Waals surface area contributed by atoms with Crippen LogP contribution in [0, 0.1) is 6.92 Å². The minimum atomic E-state index is -3.65. The van der Waals surface area contributed by atoms with Gasteiger partial charge in [-0.2, -0.15) is 4.31 Å². The second-order valence-electron chi connectivity index (χ2n) is 5.23. The average Bonchev–Trinajstić information content (AvgIpc) is 2.41. The number of benzene rings is 1. The van der Waals surface area contributed by atoms with E-state index in [2.05, 4.69) is 6.92 Å². The highest BCUT2D eigenvalue weighted by molar-refractivity contribution is 7.89. The van der Waals surface area contributed by atoms with Crippen LogP contribution in [-0.2, 0) is 10.0 Å². The number of hydrogen-bond donors (Lipinski definition) is 2. The molecule has 0 saturated heterocycles. The molecule has 0 aliphatic heterocycles. The van der Waals surface area contributed by atoms with Gasteiger partial charge in [0.1, 0.15) is 4.90 Å². The number of nitrogens with two attached hydrogens (primary N) is 1. The third-order valence-electron chi connectivity index (χ3n) is 3.39. The Labute approximate surface area is 127 Å². The van der Waals surface area contributed by atoms with E-state index in [-0.39, 0.29) is 23.7 Å². The Bertz CT molecular complexity index is 544. The summed E-state index contributed by atoms with van der Waals surface area (Å²) >= 11 is 0. The highest BCUT2D eigenvalue weighted by Gasteiger charge is 2.25. The number of aliphatic hydroxyl groups excluding tert-OH is 1. The second-order valence-corrected chi connectivity index (χ2v) is 7.14. The highest BCUT2D eigenvalue weighted by atomic mass is 32.2. The SMILES string of the molecule is CCCCCCN(CCO)S(=O)(=O)c1ccc(C)cc1N. The van der Waals surface area contributed by atoms with Crippen molar-refractivity contribution in [2.45, 2.75) is 44.4 Å². The van der Waals surface area contributed by atoms with Crippen LogP contribution >= 0.6 is 0 Å². The maximum Gasteiger partial charge on any atom is 0.245 e. The summed E-state index contributed by atoms with van der Waals surface area (Å²) in [5, 5.41) is 9.13. The molecular weight excluding hydrogens is 288 g/mol. The van der Waals surface area contributed by atoms with E-state index >= 15 is 0 Å². The molecule has 0 atom stereocenters. The third-order valence-corrected chi connectivity index (χ3v) is 5.37. The van der Waals surface area contributed by atoms with Crippen molar-refractivity contribution in [3.63, 3.8) is 0 Å². The minimum absolute atomic E-state index is 0.0990. The van der Waals surface area contributed by atoms with E-state index in [9.17, 15) is 8.42 Å². The van der Waals surface area contributed by atoms with E-state index in [4.69, 9.17) is 10.8 Å². The van der Waals surface area contributed by atoms with Crippen molar-refractivity contribution in [3.05, 3.63) is 23.8 Å². The molecule has 5 nitrogen and oxygen atoms in total. The van der Waals surface area contributed by atoms with Gasteiger partial charge in [-0.15, -0.1) is 0 Å². The Balaban J connectivity index is 2.93. The molecule has 0 fully saturated rings. The van der Waals surface area contributed by atoms with Crippen molar-refractivity contribution in [2.75, 3.05) is 25.4 Å². The Kier molecular flexibility index (Phi) is 7.14. The van der Waals surface area contributed by atoms with Crippen LogP contribution < -0.4 is 5.73 Å². The Hall–Kier alpha value is -1.11. The number of aliphatic hydroxyl groups is 1. The van der Waals surface area contributed by atoms with Gasteiger partial charge in [-0.3, -0.25) is 0 Å².